The molecule has 3 heterocycles. The van der Waals surface area contributed by atoms with Gasteiger partial charge in [0.1, 0.15) is 6.26 Å². The molecule has 0 amide bonds. The average molecular weight is 167 g/mol. The maximum atomic E-state index is 5.20. The Kier molecular flexibility index (Phi) is 0.910. The van der Waals surface area contributed by atoms with Gasteiger partial charge in [0.15, 0.2) is 23.5 Å². The molecule has 0 aliphatic carbocycles. The van der Waals surface area contributed by atoms with Gasteiger partial charge in [0.2, 0.25) is 12.6 Å². The van der Waals surface area contributed by atoms with E-state index in [1.165, 1.54) is 12.5 Å². The summed E-state index contributed by atoms with van der Waals surface area (Å²) in [5, 5.41) is 0. The van der Waals surface area contributed by atoms with E-state index in [1.807, 2.05) is 0 Å². The van der Waals surface area contributed by atoms with Crippen LogP contribution in [0.25, 0.3) is 0 Å². The first-order valence-corrected chi connectivity index (χ1v) is 3.44. The van der Waals surface area contributed by atoms with Crippen molar-refractivity contribution in [1.29, 1.82) is 0 Å². The van der Waals surface area contributed by atoms with Gasteiger partial charge < -0.3 is 19.0 Å². The van der Waals surface area contributed by atoms with Crippen LogP contribution in [0.5, 0.6) is 0 Å². The Hall–Kier alpha value is -1.78. The number of fused-ring (bicyclic) bond motifs is 2. The van der Waals surface area contributed by atoms with Gasteiger partial charge >= 0.3 is 0 Å². The summed E-state index contributed by atoms with van der Waals surface area (Å²) in [5.74, 6) is 1.85. The minimum Gasteiger partial charge on any atom is -0.455 e. The summed E-state index contributed by atoms with van der Waals surface area (Å²) in [7, 11) is 0. The van der Waals surface area contributed by atoms with Gasteiger partial charge in [-0.1, -0.05) is 0 Å². The summed E-state index contributed by atoms with van der Waals surface area (Å²) in [6, 6.07) is 0. The van der Waals surface area contributed by atoms with Gasteiger partial charge in [-0.15, -0.1) is 0 Å². The van der Waals surface area contributed by atoms with Crippen molar-refractivity contribution in [3.8, 4) is 0 Å². The molecular weight excluding hydrogens is 162 g/mol. The predicted octanol–water partition coefficient (Wildman–Crippen LogP) is 0.450. The highest BCUT2D eigenvalue weighted by Crippen LogP contribution is 2.33. The molecule has 1 fully saturated rings. The molecule has 0 aromatic carbocycles. The fourth-order valence-electron chi connectivity index (χ4n) is 1.18. The van der Waals surface area contributed by atoms with Crippen LogP contribution in [0, 0.1) is 0 Å². The standard InChI is InChI=1S/C7H5NO4/c1-5-7(11-3-10-5)6-4(9-1)2-12-8-6/h1-2,8H,3H2. The molecule has 0 saturated carbocycles. The van der Waals surface area contributed by atoms with Crippen molar-refractivity contribution in [2.24, 2.45) is 0 Å². The van der Waals surface area contributed by atoms with E-state index in [1.54, 1.807) is 0 Å². The van der Waals surface area contributed by atoms with Gasteiger partial charge in [0.25, 0.3) is 0 Å². The first-order chi connectivity index (χ1) is 5.95. The lowest BCUT2D eigenvalue weighted by molar-refractivity contribution is 0.0944. The average Bonchev–Trinajstić information content (AvgIpc) is 2.71. The molecule has 12 heavy (non-hydrogen) atoms. The zero-order valence-electron chi connectivity index (χ0n) is 5.99. The fraction of sp³-hybridized carbons (Fsp3) is 0.143. The van der Waals surface area contributed by atoms with E-state index >= 15 is 0 Å². The van der Waals surface area contributed by atoms with Crippen molar-refractivity contribution in [3.63, 3.8) is 0 Å². The van der Waals surface area contributed by atoms with Crippen molar-refractivity contribution < 1.29 is 19.0 Å². The number of hydrogen-bond donors (Lipinski definition) is 1. The van der Waals surface area contributed by atoms with Crippen molar-refractivity contribution in [2.75, 3.05) is 6.79 Å². The van der Waals surface area contributed by atoms with Crippen LogP contribution in [0.3, 0.4) is 0 Å². The molecule has 5 nitrogen and oxygen atoms in total. The lowest BCUT2D eigenvalue weighted by Crippen LogP contribution is -2.12. The lowest BCUT2D eigenvalue weighted by atomic mass is 10.3. The highest BCUT2D eigenvalue weighted by atomic mass is 16.7. The molecule has 1 saturated heterocycles. The fourth-order valence-corrected chi connectivity index (χ4v) is 1.18. The quantitative estimate of drug-likeness (QED) is 0.567. The second-order valence-electron chi connectivity index (χ2n) is 2.41. The Morgan fingerprint density at radius 2 is 2.17 bits per heavy atom. The van der Waals surface area contributed by atoms with Crippen LogP contribution in [-0.4, -0.2) is 6.79 Å². The molecule has 62 valence electrons. The molecule has 5 heteroatoms. The predicted molar refractivity (Wildman–Crippen MR) is 35.5 cm³/mol. The molecule has 0 unspecified atom stereocenters. The molecule has 0 aromatic heterocycles. The Labute approximate surface area is 67.8 Å². The largest absolute Gasteiger partial charge is 0.455 e. The van der Waals surface area contributed by atoms with E-state index in [9.17, 15) is 0 Å². The SMILES string of the molecule is C1=C2OC=C3OCOC3=C2NO1. The molecule has 0 bridgehead atoms. The number of hydroxylamine groups is 1. The van der Waals surface area contributed by atoms with E-state index in [2.05, 4.69) is 5.48 Å². The lowest BCUT2D eigenvalue weighted by Gasteiger charge is -2.10. The van der Waals surface area contributed by atoms with Gasteiger partial charge in [-0.3, -0.25) is 0 Å². The van der Waals surface area contributed by atoms with Crippen LogP contribution in [0.4, 0.5) is 0 Å². The van der Waals surface area contributed by atoms with E-state index in [-0.39, 0.29) is 6.79 Å². The number of nitrogens with one attached hydrogen (secondary N) is 1. The maximum Gasteiger partial charge on any atom is 0.231 e. The van der Waals surface area contributed by atoms with Gasteiger partial charge in [-0.05, 0) is 0 Å². The van der Waals surface area contributed by atoms with Crippen molar-refractivity contribution in [3.05, 3.63) is 35.5 Å². The molecule has 0 aromatic rings. The molecule has 3 aliphatic rings. The monoisotopic (exact) mass is 167 g/mol. The van der Waals surface area contributed by atoms with Crippen molar-refractivity contribution >= 4 is 0 Å². The summed E-state index contributed by atoms with van der Waals surface area (Å²) in [5.41, 5.74) is 3.33. The van der Waals surface area contributed by atoms with Crippen LogP contribution < -0.4 is 5.48 Å². The summed E-state index contributed by atoms with van der Waals surface area (Å²) in [6.45, 7) is 0.225. The zero-order chi connectivity index (χ0) is 7.97. The second kappa shape index (κ2) is 1.88. The summed E-state index contributed by atoms with van der Waals surface area (Å²) < 4.78 is 15.5. The minimum absolute atomic E-state index is 0.225. The second-order valence-corrected chi connectivity index (χ2v) is 2.41. The Morgan fingerprint density at radius 1 is 1.17 bits per heavy atom. The molecule has 1 N–H and O–H groups in total. The number of ether oxygens (including phenoxy) is 3. The van der Waals surface area contributed by atoms with Gasteiger partial charge in [0.05, 0.1) is 0 Å². The van der Waals surface area contributed by atoms with Gasteiger partial charge in [-0.2, -0.15) is 0 Å². The van der Waals surface area contributed by atoms with Crippen molar-refractivity contribution in [1.82, 2.24) is 5.48 Å². The molecule has 0 spiro atoms. The minimum atomic E-state index is 0.225. The Balaban J connectivity index is 2.14. The highest BCUT2D eigenvalue weighted by Gasteiger charge is 2.32. The van der Waals surface area contributed by atoms with Crippen molar-refractivity contribution in [2.45, 2.75) is 0 Å². The third-order valence-electron chi connectivity index (χ3n) is 1.73. The molecule has 0 radical (unpaired) electrons. The summed E-state index contributed by atoms with van der Waals surface area (Å²) in [4.78, 5) is 4.84. The van der Waals surface area contributed by atoms with E-state index in [0.29, 0.717) is 23.0 Å². The molecule has 3 aliphatic heterocycles. The van der Waals surface area contributed by atoms with E-state index in [4.69, 9.17) is 19.0 Å². The summed E-state index contributed by atoms with van der Waals surface area (Å²) in [6.07, 6.45) is 2.96. The van der Waals surface area contributed by atoms with Crippen LogP contribution in [-0.2, 0) is 19.0 Å². The van der Waals surface area contributed by atoms with Crippen LogP contribution in [0.1, 0.15) is 0 Å². The topological polar surface area (TPSA) is 49.0 Å². The Morgan fingerprint density at radius 3 is 3.17 bits per heavy atom. The van der Waals surface area contributed by atoms with Gasteiger partial charge in [-0.25, -0.2) is 5.48 Å². The van der Waals surface area contributed by atoms with Crippen LogP contribution in [0.15, 0.2) is 35.5 Å². The Bertz CT molecular complexity index is 328. The van der Waals surface area contributed by atoms with Gasteiger partial charge in [0, 0.05) is 0 Å². The molecular formula is C7H5NO4. The first kappa shape index (κ1) is 5.82. The third-order valence-corrected chi connectivity index (χ3v) is 1.73. The van der Waals surface area contributed by atoms with Crippen LogP contribution >= 0.6 is 0 Å². The number of rotatable bonds is 0. The highest BCUT2D eigenvalue weighted by molar-refractivity contribution is 5.40. The zero-order valence-corrected chi connectivity index (χ0v) is 5.99. The van der Waals surface area contributed by atoms with E-state index in [0.717, 1.165) is 0 Å². The number of hydrogen-bond acceptors (Lipinski definition) is 5. The van der Waals surface area contributed by atoms with E-state index < -0.39 is 0 Å². The molecule has 3 rings (SSSR count). The summed E-state index contributed by atoms with van der Waals surface area (Å²) >= 11 is 0. The maximum absolute atomic E-state index is 5.20. The third kappa shape index (κ3) is 0.578. The van der Waals surface area contributed by atoms with Crippen LogP contribution in [0.2, 0.25) is 0 Å². The smallest absolute Gasteiger partial charge is 0.231 e. The molecule has 0 atom stereocenters. The normalized spacial score (nSPS) is 23.3. The first-order valence-electron chi connectivity index (χ1n) is 3.44.